The van der Waals surface area contributed by atoms with Gasteiger partial charge in [0.15, 0.2) is 0 Å². The summed E-state index contributed by atoms with van der Waals surface area (Å²) in [6.07, 6.45) is 1.74. The molecule has 1 heterocycles. The molecule has 1 unspecified atom stereocenters. The Labute approximate surface area is 158 Å². The van der Waals surface area contributed by atoms with Crippen molar-refractivity contribution in [2.45, 2.75) is 12.8 Å². The van der Waals surface area contributed by atoms with Crippen LogP contribution in [0.25, 0.3) is 10.9 Å². The fourth-order valence-electron chi connectivity index (χ4n) is 3.40. The second-order valence-corrected chi connectivity index (χ2v) is 6.55. The second-order valence-electron chi connectivity index (χ2n) is 6.55. The van der Waals surface area contributed by atoms with Gasteiger partial charge < -0.3 is 5.32 Å². The van der Waals surface area contributed by atoms with Crippen LogP contribution >= 0.6 is 0 Å². The third kappa shape index (κ3) is 3.44. The largest absolute Gasteiger partial charge is 0.320 e. The first-order valence-electron chi connectivity index (χ1n) is 9.03. The average molecular weight is 352 g/mol. The Hall–Kier alpha value is -3.46. The third-order valence-electron chi connectivity index (χ3n) is 4.85. The van der Waals surface area contributed by atoms with Crippen LogP contribution in [0.2, 0.25) is 0 Å². The molecule has 0 saturated heterocycles. The highest BCUT2D eigenvalue weighted by atomic mass is 16.1. The summed E-state index contributed by atoms with van der Waals surface area (Å²) in [5, 5.41) is 4.05. The lowest BCUT2D eigenvalue weighted by Crippen LogP contribution is -2.16. The van der Waals surface area contributed by atoms with Gasteiger partial charge in [0.1, 0.15) is 0 Å². The van der Waals surface area contributed by atoms with Crippen molar-refractivity contribution < 1.29 is 4.79 Å². The van der Waals surface area contributed by atoms with Crippen molar-refractivity contribution in [1.82, 2.24) is 4.98 Å². The Bertz CT molecular complexity index is 1080. The van der Waals surface area contributed by atoms with E-state index in [1.54, 1.807) is 6.20 Å². The zero-order valence-corrected chi connectivity index (χ0v) is 15.1. The molecule has 0 aliphatic rings. The molecule has 0 radical (unpaired) electrons. The number of hydrogen-bond donors (Lipinski definition) is 1. The Morgan fingerprint density at radius 1 is 0.852 bits per heavy atom. The molecule has 0 aliphatic carbocycles. The number of para-hydroxylation sites is 1. The van der Waals surface area contributed by atoms with Crippen LogP contribution in [-0.2, 0) is 0 Å². The normalized spacial score (nSPS) is 11.9. The van der Waals surface area contributed by atoms with Crippen LogP contribution in [0.4, 0.5) is 5.69 Å². The molecule has 0 saturated carbocycles. The van der Waals surface area contributed by atoms with E-state index in [1.165, 1.54) is 5.56 Å². The van der Waals surface area contributed by atoms with Gasteiger partial charge in [-0.15, -0.1) is 0 Å². The maximum absolute atomic E-state index is 13.1. The van der Waals surface area contributed by atoms with E-state index in [2.05, 4.69) is 29.4 Å². The summed E-state index contributed by atoms with van der Waals surface area (Å²) in [4.78, 5) is 17.5. The summed E-state index contributed by atoms with van der Waals surface area (Å²) in [6.45, 7) is 2.13. The van der Waals surface area contributed by atoms with Gasteiger partial charge in [0.2, 0.25) is 0 Å². The Kier molecular flexibility index (Phi) is 4.67. The molecule has 1 amide bonds. The molecule has 1 aromatic heterocycles. The SMILES string of the molecule is CC(c1ccccc1)c1ccccc1C(=O)Nc1cccc2cccnc12. The molecule has 0 spiro atoms. The molecule has 0 aliphatic heterocycles. The van der Waals surface area contributed by atoms with E-state index in [-0.39, 0.29) is 11.8 Å². The lowest BCUT2D eigenvalue weighted by molar-refractivity contribution is 0.102. The van der Waals surface area contributed by atoms with Gasteiger partial charge in [-0.25, -0.2) is 0 Å². The van der Waals surface area contributed by atoms with Gasteiger partial charge in [0, 0.05) is 23.1 Å². The van der Waals surface area contributed by atoms with Crippen molar-refractivity contribution in [2.75, 3.05) is 5.32 Å². The number of fused-ring (bicyclic) bond motifs is 1. The Balaban J connectivity index is 1.69. The predicted molar refractivity (Wildman–Crippen MR) is 110 cm³/mol. The van der Waals surface area contributed by atoms with Crippen LogP contribution < -0.4 is 5.32 Å². The van der Waals surface area contributed by atoms with Gasteiger partial charge in [-0.05, 0) is 29.3 Å². The number of carbonyl (C=O) groups excluding carboxylic acids is 1. The van der Waals surface area contributed by atoms with E-state index in [1.807, 2.05) is 72.8 Å². The first kappa shape index (κ1) is 17.0. The smallest absolute Gasteiger partial charge is 0.256 e. The van der Waals surface area contributed by atoms with E-state index in [0.29, 0.717) is 5.56 Å². The van der Waals surface area contributed by atoms with Gasteiger partial charge in [-0.3, -0.25) is 9.78 Å². The first-order chi connectivity index (χ1) is 13.2. The van der Waals surface area contributed by atoms with Crippen LogP contribution in [0.15, 0.2) is 91.1 Å². The quantitative estimate of drug-likeness (QED) is 0.516. The van der Waals surface area contributed by atoms with E-state index in [0.717, 1.165) is 22.2 Å². The van der Waals surface area contributed by atoms with Crippen LogP contribution in [0, 0.1) is 0 Å². The Morgan fingerprint density at radius 3 is 2.44 bits per heavy atom. The van der Waals surface area contributed by atoms with Crippen molar-refractivity contribution in [2.24, 2.45) is 0 Å². The maximum atomic E-state index is 13.1. The van der Waals surface area contributed by atoms with Gasteiger partial charge in [-0.2, -0.15) is 0 Å². The summed E-state index contributed by atoms with van der Waals surface area (Å²) < 4.78 is 0. The number of hydrogen-bond acceptors (Lipinski definition) is 2. The summed E-state index contributed by atoms with van der Waals surface area (Å²) in [7, 11) is 0. The van der Waals surface area contributed by atoms with Gasteiger partial charge in [0.05, 0.1) is 11.2 Å². The monoisotopic (exact) mass is 352 g/mol. The predicted octanol–water partition coefficient (Wildman–Crippen LogP) is 5.64. The Morgan fingerprint density at radius 2 is 1.59 bits per heavy atom. The lowest BCUT2D eigenvalue weighted by atomic mass is 9.89. The third-order valence-corrected chi connectivity index (χ3v) is 4.85. The van der Waals surface area contributed by atoms with Gasteiger partial charge in [-0.1, -0.05) is 73.7 Å². The van der Waals surface area contributed by atoms with Gasteiger partial charge in [0.25, 0.3) is 5.91 Å². The molecule has 132 valence electrons. The van der Waals surface area contributed by atoms with Crippen LogP contribution in [0.1, 0.15) is 34.3 Å². The number of anilines is 1. The number of benzene rings is 3. The van der Waals surface area contributed by atoms with Gasteiger partial charge >= 0.3 is 0 Å². The summed E-state index contributed by atoms with van der Waals surface area (Å²) in [6, 6.07) is 27.7. The molecule has 0 bridgehead atoms. The average Bonchev–Trinajstić information content (AvgIpc) is 2.74. The zero-order valence-electron chi connectivity index (χ0n) is 15.1. The summed E-state index contributed by atoms with van der Waals surface area (Å²) >= 11 is 0. The van der Waals surface area contributed by atoms with Crippen molar-refractivity contribution in [3.63, 3.8) is 0 Å². The molecule has 4 aromatic rings. The number of rotatable bonds is 4. The fourth-order valence-corrected chi connectivity index (χ4v) is 3.40. The number of pyridine rings is 1. The first-order valence-corrected chi connectivity index (χ1v) is 9.03. The maximum Gasteiger partial charge on any atom is 0.256 e. The highest BCUT2D eigenvalue weighted by molar-refractivity contribution is 6.09. The van der Waals surface area contributed by atoms with Crippen molar-refractivity contribution in [3.05, 3.63) is 108 Å². The number of carbonyl (C=O) groups is 1. The highest BCUT2D eigenvalue weighted by Crippen LogP contribution is 2.28. The zero-order chi connectivity index (χ0) is 18.6. The molecular formula is C24H20N2O. The molecule has 1 atom stereocenters. The summed E-state index contributed by atoms with van der Waals surface area (Å²) in [5.41, 5.74) is 4.39. The highest BCUT2D eigenvalue weighted by Gasteiger charge is 2.17. The van der Waals surface area contributed by atoms with Crippen LogP contribution in [0.3, 0.4) is 0 Å². The topological polar surface area (TPSA) is 42.0 Å². The van der Waals surface area contributed by atoms with Crippen molar-refractivity contribution in [1.29, 1.82) is 0 Å². The van der Waals surface area contributed by atoms with E-state index < -0.39 is 0 Å². The van der Waals surface area contributed by atoms with Crippen molar-refractivity contribution in [3.8, 4) is 0 Å². The molecule has 4 rings (SSSR count). The van der Waals surface area contributed by atoms with Crippen LogP contribution in [-0.4, -0.2) is 10.9 Å². The molecular weight excluding hydrogens is 332 g/mol. The summed E-state index contributed by atoms with van der Waals surface area (Å²) in [5.74, 6) is 0.00493. The fraction of sp³-hybridized carbons (Fsp3) is 0.0833. The minimum atomic E-state index is -0.119. The van der Waals surface area contributed by atoms with E-state index in [4.69, 9.17) is 0 Å². The lowest BCUT2D eigenvalue weighted by Gasteiger charge is -2.17. The van der Waals surface area contributed by atoms with Crippen molar-refractivity contribution >= 4 is 22.5 Å². The molecule has 3 nitrogen and oxygen atoms in total. The number of amides is 1. The molecule has 3 aromatic carbocycles. The molecule has 1 N–H and O–H groups in total. The number of nitrogens with zero attached hydrogens (tertiary/aromatic N) is 1. The van der Waals surface area contributed by atoms with Crippen LogP contribution in [0.5, 0.6) is 0 Å². The minimum Gasteiger partial charge on any atom is -0.320 e. The molecule has 3 heteroatoms. The number of aromatic nitrogens is 1. The van der Waals surface area contributed by atoms with E-state index >= 15 is 0 Å². The molecule has 0 fully saturated rings. The molecule has 27 heavy (non-hydrogen) atoms. The standard InChI is InChI=1S/C24H20N2O/c1-17(18-9-3-2-4-10-18)20-13-5-6-14-21(20)24(27)26-22-15-7-11-19-12-8-16-25-23(19)22/h2-17H,1H3,(H,26,27). The minimum absolute atomic E-state index is 0.119. The number of nitrogens with one attached hydrogen (secondary N) is 1. The van der Waals surface area contributed by atoms with E-state index in [9.17, 15) is 4.79 Å². The second kappa shape index (κ2) is 7.42.